The number of rotatable bonds is 4. The third kappa shape index (κ3) is 7.95. The highest BCUT2D eigenvalue weighted by molar-refractivity contribution is 7.80. The van der Waals surface area contributed by atoms with Crippen molar-refractivity contribution in [2.75, 3.05) is 10.6 Å². The normalized spacial score (nSPS) is 12.7. The monoisotopic (exact) mass is 438 g/mol. The van der Waals surface area contributed by atoms with Crippen molar-refractivity contribution in [3.63, 3.8) is 0 Å². The summed E-state index contributed by atoms with van der Waals surface area (Å²) >= 11 is 23.0. The van der Waals surface area contributed by atoms with E-state index < -0.39 is 15.4 Å². The van der Waals surface area contributed by atoms with Crippen LogP contribution in [0.5, 0.6) is 0 Å². The van der Waals surface area contributed by atoms with E-state index in [0.29, 0.717) is 11.4 Å². The molecule has 0 fully saturated rings. The van der Waals surface area contributed by atoms with Crippen LogP contribution in [0, 0.1) is 5.41 Å². The minimum Gasteiger partial charge on any atom is -0.339 e. The topological polar surface area (TPSA) is 82.3 Å². The molecule has 1 atom stereocenters. The van der Waals surface area contributed by atoms with Gasteiger partial charge >= 0.3 is 0 Å². The molecule has 10 heteroatoms. The molecule has 2 amide bonds. The number of carbonyl (C=O) groups excluding carboxylic acids is 2. The summed E-state index contributed by atoms with van der Waals surface area (Å²) in [6, 6.07) is 6.86. The molecule has 144 valence electrons. The predicted octanol–water partition coefficient (Wildman–Crippen LogP) is 3.79. The van der Waals surface area contributed by atoms with Crippen molar-refractivity contribution in [1.29, 1.82) is 0 Å². The molecular formula is C16H21Cl3N4O2S. The zero-order valence-corrected chi connectivity index (χ0v) is 17.8. The molecule has 0 radical (unpaired) electrons. The summed E-state index contributed by atoms with van der Waals surface area (Å²) in [5, 5.41) is 11.1. The Morgan fingerprint density at radius 2 is 1.42 bits per heavy atom. The summed E-state index contributed by atoms with van der Waals surface area (Å²) < 4.78 is -1.82. The number of hydrogen-bond acceptors (Lipinski definition) is 3. The summed E-state index contributed by atoms with van der Waals surface area (Å²) in [6.45, 7) is 6.65. The van der Waals surface area contributed by atoms with Crippen LogP contribution in [0.4, 0.5) is 11.4 Å². The van der Waals surface area contributed by atoms with Crippen molar-refractivity contribution in [3.05, 3.63) is 24.3 Å². The fourth-order valence-corrected chi connectivity index (χ4v) is 2.25. The van der Waals surface area contributed by atoms with Crippen molar-refractivity contribution >= 4 is 75.3 Å². The van der Waals surface area contributed by atoms with Gasteiger partial charge in [-0.15, -0.1) is 0 Å². The van der Waals surface area contributed by atoms with Gasteiger partial charge in [0.05, 0.1) is 0 Å². The number of thiocarbonyl (C=S) groups is 1. The second-order valence-corrected chi connectivity index (χ2v) is 9.33. The number of alkyl halides is 3. The van der Waals surface area contributed by atoms with E-state index in [1.165, 1.54) is 6.92 Å². The van der Waals surface area contributed by atoms with Gasteiger partial charge in [-0.25, -0.2) is 0 Å². The summed E-state index contributed by atoms with van der Waals surface area (Å²) in [5.41, 5.74) is 0.644. The van der Waals surface area contributed by atoms with Gasteiger partial charge < -0.3 is 21.3 Å². The predicted molar refractivity (Wildman–Crippen MR) is 112 cm³/mol. The molecule has 0 unspecified atom stereocenters. The first-order chi connectivity index (χ1) is 11.8. The molecule has 0 saturated heterocycles. The Morgan fingerprint density at radius 3 is 1.81 bits per heavy atom. The van der Waals surface area contributed by atoms with E-state index in [1.54, 1.807) is 45.0 Å². The van der Waals surface area contributed by atoms with Crippen molar-refractivity contribution in [3.8, 4) is 0 Å². The molecule has 26 heavy (non-hydrogen) atoms. The van der Waals surface area contributed by atoms with Gasteiger partial charge in [-0.1, -0.05) is 55.6 Å². The smallest absolute Gasteiger partial charge is 0.228 e. The molecule has 4 N–H and O–H groups in total. The molecule has 0 spiro atoms. The molecule has 1 rings (SSSR count). The maximum Gasteiger partial charge on any atom is 0.228 e. The third-order valence-electron chi connectivity index (χ3n) is 3.02. The molecule has 0 heterocycles. The lowest BCUT2D eigenvalue weighted by molar-refractivity contribution is -0.129. The highest BCUT2D eigenvalue weighted by Crippen LogP contribution is 2.30. The number of halogens is 3. The first kappa shape index (κ1) is 22.8. The molecule has 0 aliphatic rings. The van der Waals surface area contributed by atoms with E-state index in [4.69, 9.17) is 47.0 Å². The largest absolute Gasteiger partial charge is 0.339 e. The summed E-state index contributed by atoms with van der Waals surface area (Å²) in [7, 11) is 0. The van der Waals surface area contributed by atoms with Crippen LogP contribution in [-0.4, -0.2) is 26.9 Å². The van der Waals surface area contributed by atoms with Gasteiger partial charge in [0, 0.05) is 23.7 Å². The zero-order valence-electron chi connectivity index (χ0n) is 14.7. The summed E-state index contributed by atoms with van der Waals surface area (Å²) in [6.07, 6.45) is -1.03. The van der Waals surface area contributed by atoms with Crippen molar-refractivity contribution < 1.29 is 9.59 Å². The van der Waals surface area contributed by atoms with Crippen LogP contribution >= 0.6 is 47.0 Å². The minimum absolute atomic E-state index is 0.155. The van der Waals surface area contributed by atoms with Gasteiger partial charge in [-0.2, -0.15) is 0 Å². The standard InChI is InChI=1S/C16H21Cl3N4O2S/c1-9(24)20-10-5-7-11(8-6-10)21-14(26)23-12(16(17,18)19)22-13(25)15(2,3)4/h5-8,12H,1-4H3,(H,20,24)(H,22,25)(H2,21,23,26)/t12-/m1/s1. The van der Waals surface area contributed by atoms with Crippen LogP contribution in [0.3, 0.4) is 0 Å². The van der Waals surface area contributed by atoms with E-state index in [2.05, 4.69) is 21.3 Å². The zero-order chi connectivity index (χ0) is 20.1. The number of nitrogens with one attached hydrogen (secondary N) is 4. The van der Waals surface area contributed by atoms with Crippen LogP contribution in [-0.2, 0) is 9.59 Å². The Morgan fingerprint density at radius 1 is 0.962 bits per heavy atom. The molecule has 0 bridgehead atoms. The number of hydrogen-bond donors (Lipinski definition) is 4. The van der Waals surface area contributed by atoms with E-state index in [-0.39, 0.29) is 16.9 Å². The summed E-state index contributed by atoms with van der Waals surface area (Å²) in [4.78, 5) is 23.2. The van der Waals surface area contributed by atoms with Gasteiger partial charge in [0.25, 0.3) is 0 Å². The first-order valence-corrected chi connectivity index (χ1v) is 9.16. The van der Waals surface area contributed by atoms with Crippen molar-refractivity contribution in [2.45, 2.75) is 37.7 Å². The highest BCUT2D eigenvalue weighted by atomic mass is 35.6. The van der Waals surface area contributed by atoms with Crippen molar-refractivity contribution in [2.24, 2.45) is 5.41 Å². The quantitative estimate of drug-likeness (QED) is 0.326. The second-order valence-electron chi connectivity index (χ2n) is 6.56. The van der Waals surface area contributed by atoms with Crippen molar-refractivity contribution in [1.82, 2.24) is 10.6 Å². The van der Waals surface area contributed by atoms with Crippen LogP contribution < -0.4 is 21.3 Å². The lowest BCUT2D eigenvalue weighted by Gasteiger charge is -2.30. The molecule has 0 aromatic heterocycles. The average molecular weight is 440 g/mol. The molecule has 1 aromatic rings. The molecule has 0 saturated carbocycles. The molecule has 0 aliphatic carbocycles. The number of anilines is 2. The van der Waals surface area contributed by atoms with Gasteiger partial charge in [0.15, 0.2) is 5.11 Å². The van der Waals surface area contributed by atoms with Crippen LogP contribution in [0.25, 0.3) is 0 Å². The number of benzene rings is 1. The fraction of sp³-hybridized carbons (Fsp3) is 0.438. The molecule has 1 aromatic carbocycles. The molecule has 0 aliphatic heterocycles. The number of carbonyl (C=O) groups is 2. The third-order valence-corrected chi connectivity index (χ3v) is 3.90. The van der Waals surface area contributed by atoms with Gasteiger partial charge in [0.2, 0.25) is 15.6 Å². The van der Waals surface area contributed by atoms with E-state index in [0.717, 1.165) is 0 Å². The Labute approximate surface area is 173 Å². The lowest BCUT2D eigenvalue weighted by Crippen LogP contribution is -2.58. The van der Waals surface area contributed by atoms with E-state index in [9.17, 15) is 9.59 Å². The number of amides is 2. The maximum absolute atomic E-state index is 12.2. The van der Waals surface area contributed by atoms with Crippen LogP contribution in [0.1, 0.15) is 27.7 Å². The highest BCUT2D eigenvalue weighted by Gasteiger charge is 2.36. The van der Waals surface area contributed by atoms with E-state index in [1.807, 2.05) is 0 Å². The lowest BCUT2D eigenvalue weighted by atomic mass is 9.95. The fourth-order valence-electron chi connectivity index (χ4n) is 1.69. The van der Waals surface area contributed by atoms with Gasteiger partial charge in [-0.05, 0) is 36.5 Å². The Kier molecular flexibility index (Phi) is 7.95. The maximum atomic E-state index is 12.2. The Balaban J connectivity index is 2.75. The van der Waals surface area contributed by atoms with E-state index >= 15 is 0 Å². The SMILES string of the molecule is CC(=O)Nc1ccc(NC(=S)N[C@@H](NC(=O)C(C)(C)C)C(Cl)(Cl)Cl)cc1. The Hall–Kier alpha value is -1.28. The second kappa shape index (κ2) is 9.08. The summed E-state index contributed by atoms with van der Waals surface area (Å²) in [5.74, 6) is -0.466. The molecular weight excluding hydrogens is 419 g/mol. The minimum atomic E-state index is -1.82. The van der Waals surface area contributed by atoms with Gasteiger partial charge in [-0.3, -0.25) is 9.59 Å². The van der Waals surface area contributed by atoms with Gasteiger partial charge in [0.1, 0.15) is 6.17 Å². The average Bonchev–Trinajstić information content (AvgIpc) is 2.46. The van der Waals surface area contributed by atoms with Crippen LogP contribution in [0.2, 0.25) is 0 Å². The van der Waals surface area contributed by atoms with Crippen LogP contribution in [0.15, 0.2) is 24.3 Å². The first-order valence-electron chi connectivity index (χ1n) is 7.62. The Bertz CT molecular complexity index is 670. The molecule has 6 nitrogen and oxygen atoms in total.